The second-order valence-corrected chi connectivity index (χ2v) is 7.56. The van der Waals surface area contributed by atoms with Crippen molar-refractivity contribution < 1.29 is 4.74 Å². The molecule has 4 nitrogen and oxygen atoms in total. The molecule has 130 valence electrons. The Morgan fingerprint density at radius 1 is 1.12 bits per heavy atom. The average Bonchev–Trinajstić information content (AvgIpc) is 2.98. The molecule has 0 aliphatic carbocycles. The van der Waals surface area contributed by atoms with Gasteiger partial charge < -0.3 is 9.64 Å². The Kier molecular flexibility index (Phi) is 5.39. The van der Waals surface area contributed by atoms with Gasteiger partial charge in [-0.3, -0.25) is 0 Å². The highest BCUT2D eigenvalue weighted by molar-refractivity contribution is 7.09. The molecular formula is C17H14Cl3N3OS. The second kappa shape index (κ2) is 7.38. The number of hydrogen-bond acceptors (Lipinski definition) is 4. The number of rotatable bonds is 4. The SMILES string of the molecule is Cc1cc(/N=C\N(C)C)c(Cl)cc1Oc1snc2c(Cl)ccc(Cl)c12. The summed E-state index contributed by atoms with van der Waals surface area (Å²) in [6.07, 6.45) is 1.69. The number of benzene rings is 2. The molecule has 2 aromatic carbocycles. The number of aryl methyl sites for hydroxylation is 1. The van der Waals surface area contributed by atoms with Crippen molar-refractivity contribution >= 4 is 69.3 Å². The van der Waals surface area contributed by atoms with Crippen molar-refractivity contribution in [3.05, 3.63) is 44.9 Å². The summed E-state index contributed by atoms with van der Waals surface area (Å²) in [7, 11) is 3.79. The molecule has 0 amide bonds. The van der Waals surface area contributed by atoms with Gasteiger partial charge in [-0.05, 0) is 30.7 Å². The smallest absolute Gasteiger partial charge is 0.209 e. The van der Waals surface area contributed by atoms with E-state index in [1.54, 1.807) is 24.5 Å². The van der Waals surface area contributed by atoms with Crippen LogP contribution in [0.4, 0.5) is 5.69 Å². The highest BCUT2D eigenvalue weighted by Gasteiger charge is 2.16. The van der Waals surface area contributed by atoms with Crippen molar-refractivity contribution in [2.75, 3.05) is 14.1 Å². The molecule has 0 fully saturated rings. The molecule has 25 heavy (non-hydrogen) atoms. The predicted molar refractivity (Wildman–Crippen MR) is 108 cm³/mol. The molecule has 0 saturated heterocycles. The van der Waals surface area contributed by atoms with Crippen LogP contribution in [0.3, 0.4) is 0 Å². The maximum absolute atomic E-state index is 6.33. The number of aliphatic imine (C=N–C) groups is 1. The van der Waals surface area contributed by atoms with E-state index < -0.39 is 0 Å². The second-order valence-electron chi connectivity index (χ2n) is 5.60. The maximum atomic E-state index is 6.33. The molecule has 0 spiro atoms. The van der Waals surface area contributed by atoms with Crippen molar-refractivity contribution in [2.45, 2.75) is 6.92 Å². The van der Waals surface area contributed by atoms with E-state index in [0.717, 1.165) is 5.56 Å². The van der Waals surface area contributed by atoms with Gasteiger partial charge in [-0.1, -0.05) is 34.8 Å². The summed E-state index contributed by atoms with van der Waals surface area (Å²) < 4.78 is 10.4. The molecule has 3 aromatic rings. The van der Waals surface area contributed by atoms with Crippen LogP contribution in [-0.2, 0) is 0 Å². The number of nitrogens with zero attached hydrogens (tertiary/aromatic N) is 3. The monoisotopic (exact) mass is 413 g/mol. The molecule has 0 saturated carbocycles. The van der Waals surface area contributed by atoms with Crippen LogP contribution in [0.5, 0.6) is 10.8 Å². The first-order chi connectivity index (χ1) is 11.9. The Balaban J connectivity index is 1.99. The molecule has 1 aromatic heterocycles. The maximum Gasteiger partial charge on any atom is 0.209 e. The lowest BCUT2D eigenvalue weighted by molar-refractivity contribution is 0.497. The number of aromatic nitrogens is 1. The number of ether oxygens (including phenoxy) is 1. The summed E-state index contributed by atoms with van der Waals surface area (Å²) in [5.41, 5.74) is 2.20. The van der Waals surface area contributed by atoms with Crippen LogP contribution in [0.15, 0.2) is 29.3 Å². The topological polar surface area (TPSA) is 37.7 Å². The van der Waals surface area contributed by atoms with Gasteiger partial charge in [0.1, 0.15) is 11.3 Å². The number of fused-ring (bicyclic) bond motifs is 1. The fraction of sp³-hybridized carbons (Fsp3) is 0.176. The zero-order valence-corrected chi connectivity index (χ0v) is 16.8. The molecular weight excluding hydrogens is 401 g/mol. The first-order valence-corrected chi connectivity index (χ1v) is 9.19. The van der Waals surface area contributed by atoms with E-state index in [9.17, 15) is 0 Å². The minimum atomic E-state index is 0.497. The number of hydrogen-bond donors (Lipinski definition) is 0. The highest BCUT2D eigenvalue weighted by atomic mass is 35.5. The van der Waals surface area contributed by atoms with Gasteiger partial charge in [0.05, 0.1) is 32.5 Å². The third-order valence-electron chi connectivity index (χ3n) is 3.38. The summed E-state index contributed by atoms with van der Waals surface area (Å²) in [5, 5.41) is 2.85. The van der Waals surface area contributed by atoms with Crippen LogP contribution in [0, 0.1) is 6.92 Å². The Labute approximate surface area is 164 Å². The van der Waals surface area contributed by atoms with Gasteiger partial charge >= 0.3 is 0 Å². The Morgan fingerprint density at radius 3 is 2.56 bits per heavy atom. The van der Waals surface area contributed by atoms with Crippen LogP contribution < -0.4 is 4.74 Å². The van der Waals surface area contributed by atoms with Gasteiger partial charge in [-0.15, -0.1) is 0 Å². The lowest BCUT2D eigenvalue weighted by Gasteiger charge is -2.10. The van der Waals surface area contributed by atoms with Crippen molar-refractivity contribution in [1.82, 2.24) is 9.27 Å². The largest absolute Gasteiger partial charge is 0.444 e. The standard InChI is InChI=1S/C17H14Cl3N3OS/c1-9-6-13(21-8-23(2)3)12(20)7-14(9)24-17-15-10(18)4-5-11(19)16(15)22-25-17/h4-8H,1-3H3/b21-8-. The molecule has 0 unspecified atom stereocenters. The van der Waals surface area contributed by atoms with Crippen molar-refractivity contribution in [3.63, 3.8) is 0 Å². The van der Waals surface area contributed by atoms with Crippen molar-refractivity contribution in [3.8, 4) is 10.8 Å². The van der Waals surface area contributed by atoms with E-state index in [2.05, 4.69) is 9.37 Å². The van der Waals surface area contributed by atoms with Gasteiger partial charge in [0.2, 0.25) is 5.06 Å². The summed E-state index contributed by atoms with van der Waals surface area (Å²) in [6.45, 7) is 1.93. The van der Waals surface area contributed by atoms with Gasteiger partial charge in [-0.2, -0.15) is 4.37 Å². The molecule has 0 aliphatic rings. The highest BCUT2D eigenvalue weighted by Crippen LogP contribution is 2.43. The van der Waals surface area contributed by atoms with Crippen LogP contribution in [-0.4, -0.2) is 29.7 Å². The van der Waals surface area contributed by atoms with Gasteiger partial charge in [0.25, 0.3) is 0 Å². The molecule has 0 atom stereocenters. The van der Waals surface area contributed by atoms with Crippen LogP contribution >= 0.6 is 46.3 Å². The zero-order chi connectivity index (χ0) is 18.1. The Hall–Kier alpha value is -1.53. The van der Waals surface area contributed by atoms with Crippen molar-refractivity contribution in [1.29, 1.82) is 0 Å². The molecule has 0 aliphatic heterocycles. The Morgan fingerprint density at radius 2 is 1.84 bits per heavy atom. The summed E-state index contributed by atoms with van der Waals surface area (Å²) in [5.74, 6) is 0.621. The minimum Gasteiger partial charge on any atom is -0.444 e. The number of halogens is 3. The van der Waals surface area contributed by atoms with Crippen LogP contribution in [0.1, 0.15) is 5.56 Å². The molecule has 0 radical (unpaired) electrons. The normalized spacial score (nSPS) is 11.4. The average molecular weight is 415 g/mol. The molecule has 3 rings (SSSR count). The fourth-order valence-electron chi connectivity index (χ4n) is 2.16. The Bertz CT molecular complexity index is 969. The summed E-state index contributed by atoms with van der Waals surface area (Å²) in [4.78, 5) is 6.18. The van der Waals surface area contributed by atoms with E-state index in [0.29, 0.717) is 42.5 Å². The summed E-state index contributed by atoms with van der Waals surface area (Å²) in [6, 6.07) is 7.06. The first kappa shape index (κ1) is 18.3. The van der Waals surface area contributed by atoms with E-state index in [1.807, 2.05) is 32.0 Å². The molecule has 8 heteroatoms. The fourth-order valence-corrected chi connectivity index (χ4v) is 3.70. The minimum absolute atomic E-state index is 0.497. The third-order valence-corrected chi connectivity index (χ3v) is 5.03. The van der Waals surface area contributed by atoms with E-state index in [4.69, 9.17) is 39.5 Å². The quantitative estimate of drug-likeness (QED) is 0.357. The third kappa shape index (κ3) is 3.85. The molecule has 0 bridgehead atoms. The molecule has 0 N–H and O–H groups in total. The van der Waals surface area contributed by atoms with E-state index >= 15 is 0 Å². The van der Waals surface area contributed by atoms with Gasteiger partial charge in [-0.25, -0.2) is 4.99 Å². The predicted octanol–water partition coefficient (Wildman–Crippen LogP) is 6.58. The summed E-state index contributed by atoms with van der Waals surface area (Å²) >= 11 is 20.0. The zero-order valence-electron chi connectivity index (χ0n) is 13.7. The lowest BCUT2D eigenvalue weighted by Crippen LogP contribution is -2.07. The first-order valence-electron chi connectivity index (χ1n) is 7.29. The van der Waals surface area contributed by atoms with E-state index in [-0.39, 0.29) is 0 Å². The van der Waals surface area contributed by atoms with Gasteiger partial charge in [0.15, 0.2) is 0 Å². The van der Waals surface area contributed by atoms with Crippen LogP contribution in [0.2, 0.25) is 15.1 Å². The lowest BCUT2D eigenvalue weighted by atomic mass is 10.2. The van der Waals surface area contributed by atoms with Gasteiger partial charge in [0, 0.05) is 31.7 Å². The molecule has 1 heterocycles. The van der Waals surface area contributed by atoms with E-state index in [1.165, 1.54) is 11.5 Å². The van der Waals surface area contributed by atoms with Crippen LogP contribution in [0.25, 0.3) is 10.9 Å². The van der Waals surface area contributed by atoms with Crippen molar-refractivity contribution in [2.24, 2.45) is 4.99 Å².